The van der Waals surface area contributed by atoms with E-state index >= 15 is 0 Å². The molecule has 3 rings (SSSR count). The second kappa shape index (κ2) is 6.62. The zero-order valence-corrected chi connectivity index (χ0v) is 15.3. The summed E-state index contributed by atoms with van der Waals surface area (Å²) in [5.74, 6) is 0.679. The maximum absolute atomic E-state index is 12.7. The number of carbonyl (C=O) groups is 1. The second-order valence-electron chi connectivity index (χ2n) is 6.10. The number of ether oxygens (including phenoxy) is 1. The lowest BCUT2D eigenvalue weighted by atomic mass is 10.1. The van der Waals surface area contributed by atoms with Crippen LogP contribution in [0.3, 0.4) is 0 Å². The van der Waals surface area contributed by atoms with Crippen molar-refractivity contribution in [1.82, 2.24) is 19.9 Å². The first-order chi connectivity index (χ1) is 12.3. The molecule has 0 radical (unpaired) electrons. The zero-order valence-electron chi connectivity index (χ0n) is 15.3. The first-order valence-corrected chi connectivity index (χ1v) is 8.07. The molecule has 0 saturated carbocycles. The van der Waals surface area contributed by atoms with E-state index in [2.05, 4.69) is 15.3 Å². The highest BCUT2D eigenvalue weighted by Crippen LogP contribution is 2.24. The Morgan fingerprint density at radius 3 is 2.73 bits per heavy atom. The Hall–Kier alpha value is -3.16. The summed E-state index contributed by atoms with van der Waals surface area (Å²) in [4.78, 5) is 33.5. The molecule has 0 spiro atoms. The smallest absolute Gasteiger partial charge is 0.265 e. The van der Waals surface area contributed by atoms with Crippen LogP contribution < -0.4 is 15.6 Å². The maximum atomic E-state index is 12.7. The molecule has 3 aromatic rings. The Morgan fingerprint density at radius 2 is 2.04 bits per heavy atom. The molecule has 0 bridgehead atoms. The molecule has 0 fully saturated rings. The van der Waals surface area contributed by atoms with Crippen LogP contribution in [0.1, 0.15) is 32.9 Å². The third-order valence-electron chi connectivity index (χ3n) is 4.34. The minimum atomic E-state index is -0.410. The molecule has 8 heteroatoms. The Kier molecular flexibility index (Phi) is 4.50. The fraction of sp³-hybridized carbons (Fsp3) is 0.333. The number of amides is 1. The topological polar surface area (TPSA) is 99.2 Å². The number of hydrogen-bond donors (Lipinski definition) is 1. The van der Waals surface area contributed by atoms with Gasteiger partial charge in [0.05, 0.1) is 24.9 Å². The summed E-state index contributed by atoms with van der Waals surface area (Å²) in [5.41, 5.74) is 2.50. The van der Waals surface area contributed by atoms with Crippen molar-refractivity contribution >= 4 is 17.0 Å². The molecule has 0 atom stereocenters. The summed E-state index contributed by atoms with van der Waals surface area (Å²) < 4.78 is 12.2. The van der Waals surface area contributed by atoms with Crippen LogP contribution in [0.5, 0.6) is 5.75 Å². The van der Waals surface area contributed by atoms with Crippen LogP contribution in [0, 0.1) is 20.8 Å². The van der Waals surface area contributed by atoms with Crippen molar-refractivity contribution in [1.29, 1.82) is 0 Å². The zero-order chi connectivity index (χ0) is 19.0. The van der Waals surface area contributed by atoms with Gasteiger partial charge in [0.2, 0.25) is 5.71 Å². The minimum absolute atomic E-state index is 0.155. The van der Waals surface area contributed by atoms with Crippen molar-refractivity contribution in [3.05, 3.63) is 51.0 Å². The molecule has 0 aromatic carbocycles. The van der Waals surface area contributed by atoms with Gasteiger partial charge in [-0.1, -0.05) is 0 Å². The first-order valence-electron chi connectivity index (χ1n) is 8.07. The van der Waals surface area contributed by atoms with E-state index in [0.29, 0.717) is 11.5 Å². The monoisotopic (exact) mass is 356 g/mol. The predicted octanol–water partition coefficient (Wildman–Crippen LogP) is 1.79. The maximum Gasteiger partial charge on any atom is 0.265 e. The lowest BCUT2D eigenvalue weighted by molar-refractivity contribution is 0.0950. The molecule has 0 aliphatic rings. The van der Waals surface area contributed by atoms with Crippen LogP contribution in [0.15, 0.2) is 21.7 Å². The van der Waals surface area contributed by atoms with Gasteiger partial charge in [-0.3, -0.25) is 14.6 Å². The number of carbonyl (C=O) groups excluding carboxylic acids is 1. The number of fused-ring (bicyclic) bond motifs is 1. The molecular weight excluding hydrogens is 336 g/mol. The van der Waals surface area contributed by atoms with E-state index in [-0.39, 0.29) is 28.8 Å². The molecule has 136 valence electrons. The van der Waals surface area contributed by atoms with E-state index < -0.39 is 5.91 Å². The van der Waals surface area contributed by atoms with Gasteiger partial charge in [0, 0.05) is 24.4 Å². The van der Waals surface area contributed by atoms with Gasteiger partial charge in [-0.2, -0.15) is 0 Å². The highest BCUT2D eigenvalue weighted by molar-refractivity contribution is 6.06. The average molecular weight is 356 g/mol. The van der Waals surface area contributed by atoms with E-state index in [1.54, 1.807) is 27.3 Å². The molecule has 0 aliphatic carbocycles. The lowest BCUT2D eigenvalue weighted by Crippen LogP contribution is -2.26. The highest BCUT2D eigenvalue weighted by atomic mass is 16.5. The van der Waals surface area contributed by atoms with Crippen molar-refractivity contribution < 1.29 is 13.9 Å². The second-order valence-corrected chi connectivity index (χ2v) is 6.10. The number of pyridine rings is 1. The number of aromatic nitrogens is 3. The molecule has 3 heterocycles. The average Bonchev–Trinajstić information content (AvgIpc) is 2.94. The van der Waals surface area contributed by atoms with Crippen LogP contribution in [0.4, 0.5) is 0 Å². The largest absolute Gasteiger partial charge is 0.496 e. The first kappa shape index (κ1) is 17.7. The van der Waals surface area contributed by atoms with Gasteiger partial charge in [-0.15, -0.1) is 0 Å². The molecule has 8 nitrogen and oxygen atoms in total. The summed E-state index contributed by atoms with van der Waals surface area (Å²) in [6.07, 6.45) is 3.06. The molecule has 3 aromatic heterocycles. The third-order valence-corrected chi connectivity index (χ3v) is 4.34. The van der Waals surface area contributed by atoms with Crippen molar-refractivity contribution in [3.63, 3.8) is 0 Å². The van der Waals surface area contributed by atoms with Gasteiger partial charge in [0.1, 0.15) is 23.2 Å². The van der Waals surface area contributed by atoms with E-state index in [1.165, 1.54) is 10.9 Å². The van der Waals surface area contributed by atoms with Gasteiger partial charge in [-0.25, -0.2) is 4.98 Å². The lowest BCUT2D eigenvalue weighted by Gasteiger charge is -2.12. The minimum Gasteiger partial charge on any atom is -0.496 e. The van der Waals surface area contributed by atoms with Gasteiger partial charge in [0.25, 0.3) is 11.5 Å². The molecule has 1 N–H and O–H groups in total. The van der Waals surface area contributed by atoms with Crippen molar-refractivity contribution in [2.75, 3.05) is 7.11 Å². The molecule has 1 amide bonds. The summed E-state index contributed by atoms with van der Waals surface area (Å²) in [6, 6.07) is 0. The van der Waals surface area contributed by atoms with Crippen molar-refractivity contribution in [2.45, 2.75) is 27.3 Å². The number of methoxy groups -OCH3 is 1. The van der Waals surface area contributed by atoms with Gasteiger partial charge < -0.3 is 19.0 Å². The van der Waals surface area contributed by atoms with E-state index in [4.69, 9.17) is 9.15 Å². The van der Waals surface area contributed by atoms with E-state index in [1.807, 2.05) is 13.8 Å². The molecule has 0 saturated heterocycles. The normalized spacial score (nSPS) is 11.0. The SMILES string of the molecule is COc1c(C)cnc(CNC(=O)c2c(C)oc3ncn(C)c(=O)c23)c1C. The Bertz CT molecular complexity index is 1070. The highest BCUT2D eigenvalue weighted by Gasteiger charge is 2.22. The Balaban J connectivity index is 1.93. The van der Waals surface area contributed by atoms with Crippen molar-refractivity contribution in [2.24, 2.45) is 7.05 Å². The predicted molar refractivity (Wildman–Crippen MR) is 95.4 cm³/mol. The van der Waals surface area contributed by atoms with Gasteiger partial charge in [-0.05, 0) is 20.8 Å². The fourth-order valence-electron chi connectivity index (χ4n) is 2.96. The number of aryl methyl sites for hydroxylation is 3. The summed E-state index contributed by atoms with van der Waals surface area (Å²) in [5, 5.41) is 2.98. The number of hydrogen-bond acceptors (Lipinski definition) is 6. The molecule has 26 heavy (non-hydrogen) atoms. The summed E-state index contributed by atoms with van der Waals surface area (Å²) >= 11 is 0. The van der Waals surface area contributed by atoms with Crippen LogP contribution in [0.25, 0.3) is 11.1 Å². The quantitative estimate of drug-likeness (QED) is 0.765. The van der Waals surface area contributed by atoms with Crippen LogP contribution >= 0.6 is 0 Å². The van der Waals surface area contributed by atoms with Gasteiger partial charge >= 0.3 is 0 Å². The summed E-state index contributed by atoms with van der Waals surface area (Å²) in [6.45, 7) is 5.63. The number of furan rings is 1. The number of nitrogens with one attached hydrogen (secondary N) is 1. The van der Waals surface area contributed by atoms with E-state index in [0.717, 1.165) is 16.9 Å². The molecular formula is C18H20N4O4. The standard InChI is InChI=1S/C18H20N4O4/c1-9-6-19-12(10(2)15(9)25-5)7-20-16(23)13-11(3)26-17-14(13)18(24)22(4)8-21-17/h6,8H,7H2,1-5H3,(H,20,23). The third kappa shape index (κ3) is 2.83. The van der Waals surface area contributed by atoms with E-state index in [9.17, 15) is 9.59 Å². The molecule has 0 aliphatic heterocycles. The summed E-state index contributed by atoms with van der Waals surface area (Å²) in [7, 11) is 3.17. The van der Waals surface area contributed by atoms with Crippen molar-refractivity contribution in [3.8, 4) is 5.75 Å². The molecule has 0 unspecified atom stereocenters. The Labute approximate surface area is 149 Å². The number of rotatable bonds is 4. The van der Waals surface area contributed by atoms with Crippen LogP contribution in [-0.4, -0.2) is 27.6 Å². The fourth-order valence-corrected chi connectivity index (χ4v) is 2.96. The number of nitrogens with zero attached hydrogens (tertiary/aromatic N) is 3. The van der Waals surface area contributed by atoms with Gasteiger partial charge in [0.15, 0.2) is 0 Å². The van der Waals surface area contributed by atoms with Crippen LogP contribution in [-0.2, 0) is 13.6 Å². The van der Waals surface area contributed by atoms with Crippen LogP contribution in [0.2, 0.25) is 0 Å². The Morgan fingerprint density at radius 1 is 1.31 bits per heavy atom.